The van der Waals surface area contributed by atoms with E-state index in [1.54, 1.807) is 7.11 Å². The first-order chi connectivity index (χ1) is 8.85. The van der Waals surface area contributed by atoms with Crippen molar-refractivity contribution in [3.8, 4) is 5.75 Å². The quantitative estimate of drug-likeness (QED) is 0.917. The molecule has 0 bridgehead atoms. The molecule has 0 saturated carbocycles. The molecule has 1 saturated heterocycles. The number of nitrogens with one attached hydrogen (secondary N) is 1. The predicted octanol–water partition coefficient (Wildman–Crippen LogP) is 1.92. The molecule has 1 aromatic carbocycles. The molecule has 1 fully saturated rings. The summed E-state index contributed by atoms with van der Waals surface area (Å²) in [5.41, 5.74) is 0.703. The number of methoxy groups -OCH3 is 1. The highest BCUT2D eigenvalue weighted by Crippen LogP contribution is 2.30. The van der Waals surface area contributed by atoms with Gasteiger partial charge in [0.15, 0.2) is 9.84 Å². The Morgan fingerprint density at radius 2 is 2.05 bits per heavy atom. The number of hydrogen-bond donors (Lipinski definition) is 1. The van der Waals surface area contributed by atoms with Gasteiger partial charge in [-0.25, -0.2) is 8.42 Å². The molecule has 0 spiro atoms. The molecular weight excluding hydrogens is 262 g/mol. The number of sulfone groups is 1. The van der Waals surface area contributed by atoms with Gasteiger partial charge in [-0.3, -0.25) is 0 Å². The fourth-order valence-corrected chi connectivity index (χ4v) is 4.85. The van der Waals surface area contributed by atoms with Crippen molar-refractivity contribution in [2.24, 2.45) is 0 Å². The van der Waals surface area contributed by atoms with E-state index in [4.69, 9.17) is 4.74 Å². The van der Waals surface area contributed by atoms with Crippen LogP contribution in [-0.2, 0) is 9.84 Å². The fourth-order valence-electron chi connectivity index (χ4n) is 2.75. The average Bonchev–Trinajstić information content (AvgIpc) is 2.63. The van der Waals surface area contributed by atoms with Crippen LogP contribution < -0.4 is 10.1 Å². The Morgan fingerprint density at radius 1 is 1.37 bits per heavy atom. The highest BCUT2D eigenvalue weighted by atomic mass is 32.2. The van der Waals surface area contributed by atoms with Gasteiger partial charge in [0.05, 0.1) is 18.6 Å². The SMILES string of the molecule is COc1ccccc1C(C)NC1(C)CCS(=O)(=O)C1. The molecule has 2 unspecified atom stereocenters. The summed E-state index contributed by atoms with van der Waals surface area (Å²) in [6.45, 7) is 4.01. The Morgan fingerprint density at radius 3 is 2.63 bits per heavy atom. The maximum absolute atomic E-state index is 11.6. The van der Waals surface area contributed by atoms with Crippen LogP contribution >= 0.6 is 0 Å². The molecule has 0 radical (unpaired) electrons. The summed E-state index contributed by atoms with van der Waals surface area (Å²) < 4.78 is 28.6. The monoisotopic (exact) mass is 283 g/mol. The van der Waals surface area contributed by atoms with Gasteiger partial charge in [-0.15, -0.1) is 0 Å². The van der Waals surface area contributed by atoms with E-state index in [1.807, 2.05) is 38.1 Å². The maximum atomic E-state index is 11.6. The highest BCUT2D eigenvalue weighted by molar-refractivity contribution is 7.91. The lowest BCUT2D eigenvalue weighted by atomic mass is 9.98. The Balaban J connectivity index is 2.15. The molecule has 0 aromatic heterocycles. The molecule has 0 amide bonds. The van der Waals surface area contributed by atoms with Gasteiger partial charge in [0.25, 0.3) is 0 Å². The molecule has 5 heteroatoms. The van der Waals surface area contributed by atoms with Crippen molar-refractivity contribution in [1.29, 1.82) is 0 Å². The normalized spacial score (nSPS) is 27.1. The van der Waals surface area contributed by atoms with Gasteiger partial charge in [-0.1, -0.05) is 18.2 Å². The third-order valence-corrected chi connectivity index (χ3v) is 5.58. The van der Waals surface area contributed by atoms with Crippen LogP contribution in [0.5, 0.6) is 5.75 Å². The lowest BCUT2D eigenvalue weighted by Crippen LogP contribution is -2.44. The minimum absolute atomic E-state index is 0.0504. The van der Waals surface area contributed by atoms with E-state index >= 15 is 0 Å². The molecule has 106 valence electrons. The zero-order valence-electron chi connectivity index (χ0n) is 11.6. The average molecular weight is 283 g/mol. The second-order valence-corrected chi connectivity index (χ2v) is 7.69. The highest BCUT2D eigenvalue weighted by Gasteiger charge is 2.39. The largest absolute Gasteiger partial charge is 0.496 e. The van der Waals surface area contributed by atoms with Crippen LogP contribution in [0.25, 0.3) is 0 Å². The number of para-hydroxylation sites is 1. The molecule has 1 N–H and O–H groups in total. The van der Waals surface area contributed by atoms with Crippen molar-refractivity contribution in [2.75, 3.05) is 18.6 Å². The molecule has 1 aliphatic heterocycles. The van der Waals surface area contributed by atoms with E-state index in [2.05, 4.69) is 5.32 Å². The Kier molecular flexibility index (Phi) is 3.87. The van der Waals surface area contributed by atoms with Crippen LogP contribution in [0.2, 0.25) is 0 Å². The number of benzene rings is 1. The van der Waals surface area contributed by atoms with Crippen molar-refractivity contribution < 1.29 is 13.2 Å². The van der Waals surface area contributed by atoms with Crippen molar-refractivity contribution in [2.45, 2.75) is 31.8 Å². The molecule has 1 heterocycles. The van der Waals surface area contributed by atoms with Gasteiger partial charge >= 0.3 is 0 Å². The third kappa shape index (κ3) is 3.28. The minimum atomic E-state index is -2.89. The van der Waals surface area contributed by atoms with Crippen molar-refractivity contribution in [3.05, 3.63) is 29.8 Å². The van der Waals surface area contributed by atoms with Gasteiger partial charge in [0, 0.05) is 17.1 Å². The van der Waals surface area contributed by atoms with Gasteiger partial charge in [0.1, 0.15) is 5.75 Å². The maximum Gasteiger partial charge on any atom is 0.152 e. The van der Waals surface area contributed by atoms with E-state index in [1.165, 1.54) is 0 Å². The first-order valence-corrected chi connectivity index (χ1v) is 8.28. The Labute approximate surface area is 115 Å². The number of rotatable bonds is 4. The molecule has 19 heavy (non-hydrogen) atoms. The van der Waals surface area contributed by atoms with E-state index in [-0.39, 0.29) is 23.1 Å². The summed E-state index contributed by atoms with van der Waals surface area (Å²) >= 11 is 0. The molecule has 0 aliphatic carbocycles. The molecule has 1 aliphatic rings. The summed E-state index contributed by atoms with van der Waals surface area (Å²) in [5, 5.41) is 3.44. The van der Waals surface area contributed by atoms with Crippen LogP contribution in [0.15, 0.2) is 24.3 Å². The predicted molar refractivity (Wildman–Crippen MR) is 76.2 cm³/mol. The summed E-state index contributed by atoms with van der Waals surface area (Å²) in [6.07, 6.45) is 0.662. The van der Waals surface area contributed by atoms with Crippen LogP contribution in [-0.4, -0.2) is 32.6 Å². The third-order valence-electron chi connectivity index (χ3n) is 3.67. The van der Waals surface area contributed by atoms with Crippen LogP contribution in [0.1, 0.15) is 31.9 Å². The molecular formula is C14H21NO3S. The number of ether oxygens (including phenoxy) is 1. The van der Waals surface area contributed by atoms with E-state index in [9.17, 15) is 8.42 Å². The Bertz CT molecular complexity index is 556. The summed E-state index contributed by atoms with van der Waals surface area (Å²) in [4.78, 5) is 0. The first-order valence-electron chi connectivity index (χ1n) is 6.46. The van der Waals surface area contributed by atoms with Crippen molar-refractivity contribution >= 4 is 9.84 Å². The zero-order valence-corrected chi connectivity index (χ0v) is 12.5. The molecule has 2 rings (SSSR count). The van der Waals surface area contributed by atoms with Gasteiger partial charge < -0.3 is 10.1 Å². The lowest BCUT2D eigenvalue weighted by molar-refractivity contribution is 0.343. The standard InChI is InChI=1S/C14H21NO3S/c1-11(12-6-4-5-7-13(12)18-3)15-14(2)8-9-19(16,17)10-14/h4-7,11,15H,8-10H2,1-3H3. The molecule has 4 nitrogen and oxygen atoms in total. The van der Waals surface area contributed by atoms with Gasteiger partial charge in [-0.05, 0) is 26.3 Å². The summed E-state index contributed by atoms with van der Waals surface area (Å²) in [6, 6.07) is 7.86. The topological polar surface area (TPSA) is 55.4 Å². The second kappa shape index (κ2) is 5.13. The molecule has 1 aromatic rings. The lowest BCUT2D eigenvalue weighted by Gasteiger charge is -2.29. The Hall–Kier alpha value is -1.07. The smallest absolute Gasteiger partial charge is 0.152 e. The fraction of sp³-hybridized carbons (Fsp3) is 0.571. The van der Waals surface area contributed by atoms with Gasteiger partial charge in [-0.2, -0.15) is 0 Å². The van der Waals surface area contributed by atoms with Gasteiger partial charge in [0.2, 0.25) is 0 Å². The van der Waals surface area contributed by atoms with E-state index < -0.39 is 9.84 Å². The summed E-state index contributed by atoms with van der Waals surface area (Å²) in [5.74, 6) is 1.31. The number of hydrogen-bond acceptors (Lipinski definition) is 4. The van der Waals surface area contributed by atoms with E-state index in [0.29, 0.717) is 6.42 Å². The van der Waals surface area contributed by atoms with E-state index in [0.717, 1.165) is 11.3 Å². The molecule has 2 atom stereocenters. The van der Waals surface area contributed by atoms with Crippen molar-refractivity contribution in [3.63, 3.8) is 0 Å². The van der Waals surface area contributed by atoms with Crippen LogP contribution in [0.4, 0.5) is 0 Å². The van der Waals surface area contributed by atoms with Crippen LogP contribution in [0, 0.1) is 0 Å². The zero-order chi connectivity index (χ0) is 14.1. The minimum Gasteiger partial charge on any atom is -0.496 e. The first kappa shape index (κ1) is 14.3. The summed E-state index contributed by atoms with van der Waals surface area (Å²) in [7, 11) is -1.25. The second-order valence-electron chi connectivity index (χ2n) is 5.51. The van der Waals surface area contributed by atoms with Crippen LogP contribution in [0.3, 0.4) is 0 Å². The van der Waals surface area contributed by atoms with Crippen molar-refractivity contribution in [1.82, 2.24) is 5.32 Å².